The summed E-state index contributed by atoms with van der Waals surface area (Å²) in [5.41, 5.74) is 6.67. The molecule has 1 aliphatic rings. The third-order valence-corrected chi connectivity index (χ3v) is 3.65. The summed E-state index contributed by atoms with van der Waals surface area (Å²) < 4.78 is 11.2. The number of carbonyl (C=O) groups is 1. The summed E-state index contributed by atoms with van der Waals surface area (Å²) in [6.45, 7) is 4.37. The molecule has 19 heavy (non-hydrogen) atoms. The maximum atomic E-state index is 11.9. The molecule has 1 aromatic rings. The number of morpholine rings is 1. The van der Waals surface area contributed by atoms with Gasteiger partial charge in [0.15, 0.2) is 0 Å². The first-order valence-electron chi connectivity index (χ1n) is 6.19. The number of nitrogen functional groups attached to an aromatic ring is 1. The van der Waals surface area contributed by atoms with Gasteiger partial charge >= 0.3 is 5.97 Å². The Labute approximate surface area is 120 Å². The van der Waals surface area contributed by atoms with Gasteiger partial charge in [-0.15, -0.1) is 0 Å². The Balaban J connectivity index is 1.82. The third-order valence-electron chi connectivity index (χ3n) is 2.95. The van der Waals surface area contributed by atoms with Gasteiger partial charge in [-0.1, -0.05) is 0 Å². The number of hydrogen-bond donors (Lipinski definition) is 1. The van der Waals surface area contributed by atoms with Crippen LogP contribution in [0.25, 0.3) is 0 Å². The minimum Gasteiger partial charge on any atom is -0.461 e. The standard InChI is InChI=1S/C13H17BrN2O3/c14-12-2-1-10(15)9-11(12)13(17)19-8-5-16-3-6-18-7-4-16/h1-2,9H,3-8,15H2. The zero-order valence-electron chi connectivity index (χ0n) is 10.6. The normalized spacial score (nSPS) is 16.3. The van der Waals surface area contributed by atoms with E-state index in [4.69, 9.17) is 15.2 Å². The predicted molar refractivity (Wildman–Crippen MR) is 76.1 cm³/mol. The van der Waals surface area contributed by atoms with Crippen molar-refractivity contribution >= 4 is 27.6 Å². The molecule has 0 radical (unpaired) electrons. The molecule has 0 unspecified atom stereocenters. The largest absolute Gasteiger partial charge is 0.461 e. The Morgan fingerprint density at radius 2 is 2.16 bits per heavy atom. The molecule has 1 fully saturated rings. The second-order valence-electron chi connectivity index (χ2n) is 4.33. The van der Waals surface area contributed by atoms with E-state index in [-0.39, 0.29) is 5.97 Å². The van der Waals surface area contributed by atoms with Crippen LogP contribution in [0.2, 0.25) is 0 Å². The lowest BCUT2D eigenvalue weighted by Gasteiger charge is -2.26. The highest BCUT2D eigenvalue weighted by Gasteiger charge is 2.14. The highest BCUT2D eigenvalue weighted by molar-refractivity contribution is 9.10. The Morgan fingerprint density at radius 1 is 1.42 bits per heavy atom. The van der Waals surface area contributed by atoms with Crippen LogP contribution in [0.1, 0.15) is 10.4 Å². The Morgan fingerprint density at radius 3 is 2.89 bits per heavy atom. The highest BCUT2D eigenvalue weighted by Crippen LogP contribution is 2.20. The summed E-state index contributed by atoms with van der Waals surface area (Å²) in [4.78, 5) is 14.1. The van der Waals surface area contributed by atoms with Gasteiger partial charge in [0.25, 0.3) is 0 Å². The molecule has 1 aromatic carbocycles. The predicted octanol–water partition coefficient (Wildman–Crippen LogP) is 1.52. The molecule has 104 valence electrons. The molecule has 0 aliphatic carbocycles. The van der Waals surface area contributed by atoms with Gasteiger partial charge < -0.3 is 15.2 Å². The van der Waals surface area contributed by atoms with E-state index in [9.17, 15) is 4.79 Å². The smallest absolute Gasteiger partial charge is 0.339 e. The average molecular weight is 329 g/mol. The van der Waals surface area contributed by atoms with Crippen LogP contribution in [0.5, 0.6) is 0 Å². The molecule has 0 atom stereocenters. The van der Waals surface area contributed by atoms with Gasteiger partial charge in [-0.05, 0) is 34.1 Å². The third kappa shape index (κ3) is 4.19. The molecule has 2 rings (SSSR count). The molecule has 0 spiro atoms. The van der Waals surface area contributed by atoms with Crippen LogP contribution in [-0.2, 0) is 9.47 Å². The first-order valence-corrected chi connectivity index (χ1v) is 6.98. The second kappa shape index (κ2) is 6.88. The molecule has 2 N–H and O–H groups in total. The topological polar surface area (TPSA) is 64.8 Å². The van der Waals surface area contributed by atoms with E-state index in [0.29, 0.717) is 22.3 Å². The molecular formula is C13H17BrN2O3. The quantitative estimate of drug-likeness (QED) is 0.670. The van der Waals surface area contributed by atoms with E-state index in [1.54, 1.807) is 18.2 Å². The molecule has 1 saturated heterocycles. The van der Waals surface area contributed by atoms with Crippen molar-refractivity contribution in [3.63, 3.8) is 0 Å². The van der Waals surface area contributed by atoms with Crippen molar-refractivity contribution < 1.29 is 14.3 Å². The highest BCUT2D eigenvalue weighted by atomic mass is 79.9. The molecule has 1 heterocycles. The van der Waals surface area contributed by atoms with Crippen molar-refractivity contribution in [2.45, 2.75) is 0 Å². The Hall–Kier alpha value is -1.11. The van der Waals surface area contributed by atoms with Gasteiger partial charge in [0, 0.05) is 29.8 Å². The van der Waals surface area contributed by atoms with Crippen LogP contribution in [0.4, 0.5) is 5.69 Å². The SMILES string of the molecule is Nc1ccc(Br)c(C(=O)OCCN2CCOCC2)c1. The number of rotatable bonds is 4. The fraction of sp³-hybridized carbons (Fsp3) is 0.462. The minimum atomic E-state index is -0.354. The minimum absolute atomic E-state index is 0.354. The van der Waals surface area contributed by atoms with Crippen LogP contribution >= 0.6 is 15.9 Å². The van der Waals surface area contributed by atoms with E-state index in [2.05, 4.69) is 20.8 Å². The average Bonchev–Trinajstić information content (AvgIpc) is 2.42. The lowest BCUT2D eigenvalue weighted by molar-refractivity contribution is 0.0195. The fourth-order valence-electron chi connectivity index (χ4n) is 1.87. The van der Waals surface area contributed by atoms with Gasteiger partial charge in [0.2, 0.25) is 0 Å². The van der Waals surface area contributed by atoms with Crippen molar-refractivity contribution in [2.24, 2.45) is 0 Å². The number of benzene rings is 1. The van der Waals surface area contributed by atoms with E-state index < -0.39 is 0 Å². The fourth-order valence-corrected chi connectivity index (χ4v) is 2.28. The van der Waals surface area contributed by atoms with Gasteiger partial charge in [-0.25, -0.2) is 4.79 Å². The maximum Gasteiger partial charge on any atom is 0.339 e. The lowest BCUT2D eigenvalue weighted by Crippen LogP contribution is -2.38. The number of esters is 1. The monoisotopic (exact) mass is 328 g/mol. The molecular weight excluding hydrogens is 312 g/mol. The number of ether oxygens (including phenoxy) is 2. The van der Waals surface area contributed by atoms with Crippen molar-refractivity contribution in [1.82, 2.24) is 4.90 Å². The molecule has 1 aliphatic heterocycles. The van der Waals surface area contributed by atoms with E-state index in [1.165, 1.54) is 0 Å². The molecule has 0 aromatic heterocycles. The van der Waals surface area contributed by atoms with Crippen LogP contribution in [0.3, 0.4) is 0 Å². The van der Waals surface area contributed by atoms with Crippen molar-refractivity contribution in [2.75, 3.05) is 45.2 Å². The van der Waals surface area contributed by atoms with Gasteiger partial charge in [-0.3, -0.25) is 4.90 Å². The van der Waals surface area contributed by atoms with Crippen LogP contribution in [0.15, 0.2) is 22.7 Å². The van der Waals surface area contributed by atoms with E-state index in [1.807, 2.05) is 0 Å². The number of carbonyl (C=O) groups excluding carboxylic acids is 1. The van der Waals surface area contributed by atoms with Crippen molar-refractivity contribution in [3.8, 4) is 0 Å². The summed E-state index contributed by atoms with van der Waals surface area (Å²) >= 11 is 3.32. The molecule has 5 nitrogen and oxygen atoms in total. The summed E-state index contributed by atoms with van der Waals surface area (Å²) in [5, 5.41) is 0. The summed E-state index contributed by atoms with van der Waals surface area (Å²) in [6, 6.07) is 5.09. The van der Waals surface area contributed by atoms with E-state index in [0.717, 1.165) is 32.8 Å². The summed E-state index contributed by atoms with van der Waals surface area (Å²) in [7, 11) is 0. The summed E-state index contributed by atoms with van der Waals surface area (Å²) in [6.07, 6.45) is 0. The van der Waals surface area contributed by atoms with Crippen LogP contribution in [-0.4, -0.2) is 50.3 Å². The molecule has 0 saturated carbocycles. The lowest BCUT2D eigenvalue weighted by atomic mass is 10.2. The van der Waals surface area contributed by atoms with Gasteiger partial charge in [0.05, 0.1) is 18.8 Å². The second-order valence-corrected chi connectivity index (χ2v) is 5.18. The van der Waals surface area contributed by atoms with Crippen molar-refractivity contribution in [3.05, 3.63) is 28.2 Å². The first kappa shape index (κ1) is 14.3. The van der Waals surface area contributed by atoms with Crippen LogP contribution in [0, 0.1) is 0 Å². The number of halogens is 1. The van der Waals surface area contributed by atoms with Crippen molar-refractivity contribution in [1.29, 1.82) is 0 Å². The number of hydrogen-bond acceptors (Lipinski definition) is 5. The summed E-state index contributed by atoms with van der Waals surface area (Å²) in [5.74, 6) is -0.354. The Bertz CT molecular complexity index is 448. The number of anilines is 1. The molecule has 0 bridgehead atoms. The molecule has 6 heteroatoms. The first-order chi connectivity index (χ1) is 9.16. The van der Waals surface area contributed by atoms with E-state index >= 15 is 0 Å². The number of nitrogens with zero attached hydrogens (tertiary/aromatic N) is 1. The molecule has 0 amide bonds. The van der Waals surface area contributed by atoms with Gasteiger partial charge in [0.1, 0.15) is 6.61 Å². The number of nitrogens with two attached hydrogens (primary N) is 1. The zero-order valence-corrected chi connectivity index (χ0v) is 12.2. The van der Waals surface area contributed by atoms with Crippen LogP contribution < -0.4 is 5.73 Å². The zero-order chi connectivity index (χ0) is 13.7. The maximum absolute atomic E-state index is 11.9. The Kier molecular flexibility index (Phi) is 5.18. The van der Waals surface area contributed by atoms with Gasteiger partial charge in [-0.2, -0.15) is 0 Å².